The Morgan fingerprint density at radius 3 is 2.68 bits per heavy atom. The van der Waals surface area contributed by atoms with Gasteiger partial charge in [0.15, 0.2) is 5.82 Å². The maximum absolute atomic E-state index is 5.99. The smallest absolute Gasteiger partial charge is 0.263 e. The number of aryl methyl sites for hydroxylation is 1. The highest BCUT2D eigenvalue weighted by Crippen LogP contribution is 2.19. The van der Waals surface area contributed by atoms with Gasteiger partial charge >= 0.3 is 0 Å². The van der Waals surface area contributed by atoms with Crippen LogP contribution < -0.4 is 11.3 Å². The minimum Gasteiger partial charge on any atom is -0.335 e. The summed E-state index contributed by atoms with van der Waals surface area (Å²) >= 11 is 11.8. The van der Waals surface area contributed by atoms with E-state index in [9.17, 15) is 0 Å². The van der Waals surface area contributed by atoms with Crippen molar-refractivity contribution in [1.82, 2.24) is 14.9 Å². The number of anilines is 1. The Labute approximate surface area is 126 Å². The second kappa shape index (κ2) is 6.60. The molecule has 0 aliphatic carbocycles. The first kappa shape index (κ1) is 15.6. The molecule has 1 aromatic carbocycles. The molecule has 2 aromatic rings. The van der Waals surface area contributed by atoms with Crippen molar-refractivity contribution >= 4 is 47.8 Å². The Balaban J connectivity index is 0.00000180. The Bertz CT molecular complexity index is 595. The Morgan fingerprint density at radius 1 is 1.37 bits per heavy atom. The second-order valence-electron chi connectivity index (χ2n) is 3.48. The summed E-state index contributed by atoms with van der Waals surface area (Å²) in [5, 5.41) is 12.6. The number of aromatic nitrogens is 3. The monoisotopic (exact) mass is 320 g/mol. The van der Waals surface area contributed by atoms with Crippen LogP contribution in [0.4, 0.5) is 5.95 Å². The summed E-state index contributed by atoms with van der Waals surface area (Å²) in [7, 11) is 0. The zero-order valence-corrected chi connectivity index (χ0v) is 12.2. The van der Waals surface area contributed by atoms with Crippen LogP contribution in [0.2, 0.25) is 10.0 Å². The Hall–Kier alpha value is -1.50. The fourth-order valence-electron chi connectivity index (χ4n) is 1.21. The maximum atomic E-state index is 5.99. The van der Waals surface area contributed by atoms with Crippen LogP contribution in [0.1, 0.15) is 11.4 Å². The van der Waals surface area contributed by atoms with Crippen LogP contribution in [0.25, 0.3) is 0 Å². The fraction of sp³-hybridized carbons (Fsp3) is 0.100. The van der Waals surface area contributed by atoms with Crippen molar-refractivity contribution < 1.29 is 0 Å². The molecule has 0 bridgehead atoms. The van der Waals surface area contributed by atoms with E-state index in [4.69, 9.17) is 29.0 Å². The molecule has 6 nitrogen and oxygen atoms in total. The van der Waals surface area contributed by atoms with E-state index < -0.39 is 0 Å². The second-order valence-corrected chi connectivity index (χ2v) is 4.32. The van der Waals surface area contributed by atoms with Gasteiger partial charge < -0.3 is 5.84 Å². The SMILES string of the molecule is Cc1nnc(NN=Cc2ccc(Cl)cc2Cl)n1N.Cl. The van der Waals surface area contributed by atoms with Crippen molar-refractivity contribution in [2.75, 3.05) is 11.3 Å². The van der Waals surface area contributed by atoms with Gasteiger partial charge in [-0.15, -0.1) is 22.6 Å². The molecule has 19 heavy (non-hydrogen) atoms. The summed E-state index contributed by atoms with van der Waals surface area (Å²) in [5.74, 6) is 6.57. The number of hydrogen-bond donors (Lipinski definition) is 2. The molecule has 102 valence electrons. The molecule has 0 spiro atoms. The van der Waals surface area contributed by atoms with E-state index in [-0.39, 0.29) is 12.4 Å². The minimum atomic E-state index is 0. The lowest BCUT2D eigenvalue weighted by Crippen LogP contribution is -2.13. The third-order valence-corrected chi connectivity index (χ3v) is 2.76. The summed E-state index contributed by atoms with van der Waals surface area (Å²) in [6.07, 6.45) is 1.54. The van der Waals surface area contributed by atoms with Crippen LogP contribution in [0, 0.1) is 6.92 Å². The standard InChI is InChI=1S/C10H10Cl2N6.ClH/c1-6-15-17-10(18(6)13)16-14-5-7-2-3-8(11)4-9(7)12;/h2-5H,13H2,1H3,(H,16,17);1H. The van der Waals surface area contributed by atoms with E-state index in [2.05, 4.69) is 20.7 Å². The molecule has 0 aliphatic heterocycles. The first-order valence-corrected chi connectivity index (χ1v) is 5.75. The predicted octanol–water partition coefficient (Wildman–Crippen LogP) is 2.47. The minimum absolute atomic E-state index is 0. The van der Waals surface area contributed by atoms with Gasteiger partial charge in [0, 0.05) is 10.6 Å². The quantitative estimate of drug-likeness (QED) is 0.517. The molecule has 9 heteroatoms. The molecule has 0 saturated carbocycles. The molecular weight excluding hydrogens is 311 g/mol. The van der Waals surface area contributed by atoms with Crippen molar-refractivity contribution in [2.45, 2.75) is 6.92 Å². The van der Waals surface area contributed by atoms with Gasteiger partial charge in [-0.1, -0.05) is 29.3 Å². The summed E-state index contributed by atoms with van der Waals surface area (Å²) in [6.45, 7) is 1.73. The molecule has 0 fully saturated rings. The van der Waals surface area contributed by atoms with Gasteiger partial charge in [-0.2, -0.15) is 5.10 Å². The van der Waals surface area contributed by atoms with Crippen LogP contribution in [-0.4, -0.2) is 21.1 Å². The van der Waals surface area contributed by atoms with Gasteiger partial charge in [-0.3, -0.25) is 0 Å². The lowest BCUT2D eigenvalue weighted by atomic mass is 10.2. The first-order valence-electron chi connectivity index (χ1n) is 4.99. The highest BCUT2D eigenvalue weighted by molar-refractivity contribution is 6.36. The predicted molar refractivity (Wildman–Crippen MR) is 79.8 cm³/mol. The van der Waals surface area contributed by atoms with Gasteiger partial charge in [0.05, 0.1) is 11.2 Å². The number of hydrogen-bond acceptors (Lipinski definition) is 5. The molecule has 0 unspecified atom stereocenters. The van der Waals surface area contributed by atoms with Crippen molar-refractivity contribution in [1.29, 1.82) is 0 Å². The molecule has 3 N–H and O–H groups in total. The number of nitrogens with zero attached hydrogens (tertiary/aromatic N) is 4. The molecule has 0 aliphatic rings. The Morgan fingerprint density at radius 2 is 2.11 bits per heavy atom. The zero-order chi connectivity index (χ0) is 13.1. The first-order chi connectivity index (χ1) is 8.58. The molecule has 0 radical (unpaired) electrons. The van der Waals surface area contributed by atoms with Crippen LogP contribution >= 0.6 is 35.6 Å². The van der Waals surface area contributed by atoms with E-state index in [1.54, 1.807) is 31.3 Å². The van der Waals surface area contributed by atoms with Gasteiger partial charge in [0.2, 0.25) is 0 Å². The topological polar surface area (TPSA) is 81.1 Å². The van der Waals surface area contributed by atoms with E-state index in [1.165, 1.54) is 4.68 Å². The summed E-state index contributed by atoms with van der Waals surface area (Å²) in [5.41, 5.74) is 3.40. The molecular formula is C10H11Cl3N6. The van der Waals surface area contributed by atoms with Crippen molar-refractivity contribution in [2.24, 2.45) is 5.10 Å². The molecule has 0 saturated heterocycles. The van der Waals surface area contributed by atoms with Crippen LogP contribution in [0.3, 0.4) is 0 Å². The van der Waals surface area contributed by atoms with E-state index >= 15 is 0 Å². The van der Waals surface area contributed by atoms with Crippen molar-refractivity contribution in [3.05, 3.63) is 39.6 Å². The summed E-state index contributed by atoms with van der Waals surface area (Å²) in [6, 6.07) is 5.12. The fourth-order valence-corrected chi connectivity index (χ4v) is 1.67. The normalized spacial score (nSPS) is 10.5. The highest BCUT2D eigenvalue weighted by atomic mass is 35.5. The van der Waals surface area contributed by atoms with Crippen molar-refractivity contribution in [3.8, 4) is 0 Å². The molecule has 1 aromatic heterocycles. The summed E-state index contributed by atoms with van der Waals surface area (Å²) in [4.78, 5) is 0. The number of halogens is 3. The average Bonchev–Trinajstić information content (AvgIpc) is 2.64. The highest BCUT2D eigenvalue weighted by Gasteiger charge is 2.03. The largest absolute Gasteiger partial charge is 0.335 e. The zero-order valence-electron chi connectivity index (χ0n) is 9.84. The number of rotatable bonds is 3. The van der Waals surface area contributed by atoms with Gasteiger partial charge in [-0.05, 0) is 19.1 Å². The number of nitrogen functional groups attached to an aromatic ring is 1. The lowest BCUT2D eigenvalue weighted by Gasteiger charge is -2.00. The number of hydrazone groups is 1. The van der Waals surface area contributed by atoms with Gasteiger partial charge in [0.1, 0.15) is 0 Å². The molecule has 1 heterocycles. The van der Waals surface area contributed by atoms with Gasteiger partial charge in [-0.25, -0.2) is 10.1 Å². The van der Waals surface area contributed by atoms with Crippen LogP contribution in [0.15, 0.2) is 23.3 Å². The molecule has 0 atom stereocenters. The van der Waals surface area contributed by atoms with Gasteiger partial charge in [0.25, 0.3) is 5.95 Å². The third-order valence-electron chi connectivity index (χ3n) is 2.20. The van der Waals surface area contributed by atoms with Crippen LogP contribution in [-0.2, 0) is 0 Å². The van der Waals surface area contributed by atoms with Crippen LogP contribution in [0.5, 0.6) is 0 Å². The van der Waals surface area contributed by atoms with Crippen molar-refractivity contribution in [3.63, 3.8) is 0 Å². The van der Waals surface area contributed by atoms with E-state index in [0.717, 1.165) is 5.56 Å². The number of nitrogens with two attached hydrogens (primary N) is 1. The number of benzene rings is 1. The summed E-state index contributed by atoms with van der Waals surface area (Å²) < 4.78 is 1.29. The maximum Gasteiger partial charge on any atom is 0.263 e. The third kappa shape index (κ3) is 3.73. The Kier molecular flexibility index (Phi) is 5.41. The lowest BCUT2D eigenvalue weighted by molar-refractivity contribution is 0.926. The average molecular weight is 322 g/mol. The van der Waals surface area contributed by atoms with E-state index in [1.807, 2.05) is 0 Å². The molecule has 0 amide bonds. The number of nitrogens with one attached hydrogen (secondary N) is 1. The molecule has 2 rings (SSSR count). The van der Waals surface area contributed by atoms with E-state index in [0.29, 0.717) is 21.8 Å².